The monoisotopic (exact) mass is 444 g/mol. The van der Waals surface area contributed by atoms with E-state index in [2.05, 4.69) is 13.8 Å². The molecule has 0 aromatic heterocycles. The van der Waals surface area contributed by atoms with Crippen LogP contribution in [0.1, 0.15) is 70.6 Å². The predicted molar refractivity (Wildman–Crippen MR) is 92.5 cm³/mol. The molecule has 0 aliphatic rings. The number of hydrogen-bond donors (Lipinski definition) is 3. The summed E-state index contributed by atoms with van der Waals surface area (Å²) in [5, 5.41) is 25.9. The Morgan fingerprint density at radius 2 is 1.33 bits per heavy atom. The molecule has 1 aromatic rings. The molecule has 24 heavy (non-hydrogen) atoms. The van der Waals surface area contributed by atoms with Crippen LogP contribution in [-0.2, 0) is 0 Å². The van der Waals surface area contributed by atoms with E-state index < -0.39 is 29.0 Å². The molecule has 0 heterocycles. The quantitative estimate of drug-likeness (QED) is 0.394. The molecule has 0 bridgehead atoms. The van der Waals surface area contributed by atoms with Gasteiger partial charge in [-0.05, 0) is 18.2 Å². The van der Waals surface area contributed by atoms with E-state index in [1.54, 1.807) is 8.87 Å². The van der Waals surface area contributed by atoms with Gasteiger partial charge in [0.25, 0.3) is 0 Å². The molecule has 0 atom stereocenters. The standard InChI is InChI=1S/C9H6O6.2C4H9.Sn/c10-7(11)4-1-2-5(8(12)13)6(3-4)9(14)15;2*1-3-4-2;/h1-3H,(H,10,11)(H,12,13)(H,14,15);2*1,3-4H2,2H3;. The van der Waals surface area contributed by atoms with Gasteiger partial charge in [-0.1, -0.05) is 0 Å². The summed E-state index contributed by atoms with van der Waals surface area (Å²) in [5.41, 5.74) is -1.24. The molecule has 0 aliphatic carbocycles. The molecule has 0 unspecified atom stereocenters. The van der Waals surface area contributed by atoms with Crippen molar-refractivity contribution in [3.05, 3.63) is 34.9 Å². The van der Waals surface area contributed by atoms with Crippen molar-refractivity contribution in [2.75, 3.05) is 0 Å². The van der Waals surface area contributed by atoms with Crippen molar-refractivity contribution in [3.63, 3.8) is 0 Å². The van der Waals surface area contributed by atoms with Crippen molar-refractivity contribution in [2.24, 2.45) is 0 Å². The Labute approximate surface area is 152 Å². The van der Waals surface area contributed by atoms with E-state index in [0.29, 0.717) is 0 Å². The van der Waals surface area contributed by atoms with Gasteiger partial charge in [-0.2, -0.15) is 0 Å². The number of unbranched alkanes of at least 4 members (excludes halogenated alkanes) is 2. The minimum atomic E-state index is -1.48. The normalized spacial score (nSPS) is 9.75. The van der Waals surface area contributed by atoms with Gasteiger partial charge in [0, 0.05) is 0 Å². The topological polar surface area (TPSA) is 112 Å². The van der Waals surface area contributed by atoms with Crippen LogP contribution in [0.4, 0.5) is 0 Å². The van der Waals surface area contributed by atoms with Crippen molar-refractivity contribution >= 4 is 39.1 Å². The average molecular weight is 443 g/mol. The molecule has 2 radical (unpaired) electrons. The third-order valence-corrected chi connectivity index (χ3v) is 7.18. The van der Waals surface area contributed by atoms with Crippen LogP contribution in [0.15, 0.2) is 18.2 Å². The van der Waals surface area contributed by atoms with Gasteiger partial charge in [0.05, 0.1) is 16.7 Å². The fraction of sp³-hybridized carbons (Fsp3) is 0.471. The molecule has 0 amide bonds. The van der Waals surface area contributed by atoms with Crippen molar-refractivity contribution in [1.82, 2.24) is 0 Å². The summed E-state index contributed by atoms with van der Waals surface area (Å²) in [6.45, 7) is 4.58. The Balaban J connectivity index is 0.000000506. The van der Waals surface area contributed by atoms with Gasteiger partial charge in [-0.3, -0.25) is 0 Å². The minimum Gasteiger partial charge on any atom is -0.478 e. The Bertz CT molecular complexity index is 550. The maximum atomic E-state index is 10.6. The van der Waals surface area contributed by atoms with Gasteiger partial charge in [0.1, 0.15) is 0 Å². The molecular formula is C17H24O6Sn. The summed E-state index contributed by atoms with van der Waals surface area (Å²) in [4.78, 5) is 31.8. The number of carboxylic acid groups (broad SMARTS) is 3. The SMILES string of the molecule is CCC[CH2][Sn][CH2]CCC.O=C(O)c1ccc(C(=O)O)c(C(=O)O)c1. The fourth-order valence-corrected chi connectivity index (χ4v) is 5.93. The first-order chi connectivity index (χ1) is 11.3. The Kier molecular flexibility index (Phi) is 12.0. The molecule has 0 aliphatic heterocycles. The molecule has 1 rings (SSSR count). The maximum absolute atomic E-state index is 10.6. The second kappa shape index (κ2) is 12.8. The van der Waals surface area contributed by atoms with Crippen LogP contribution in [-0.4, -0.2) is 54.4 Å². The second-order valence-electron chi connectivity index (χ2n) is 5.13. The van der Waals surface area contributed by atoms with Gasteiger partial charge >= 0.3 is 87.5 Å². The summed E-state index contributed by atoms with van der Waals surface area (Å²) >= 11 is 0.149. The van der Waals surface area contributed by atoms with Gasteiger partial charge in [0.15, 0.2) is 0 Å². The van der Waals surface area contributed by atoms with Crippen LogP contribution in [0.3, 0.4) is 0 Å². The molecule has 3 N–H and O–H groups in total. The zero-order valence-electron chi connectivity index (χ0n) is 14.0. The maximum Gasteiger partial charge on any atom is 0.336 e. The molecule has 0 fully saturated rings. The van der Waals surface area contributed by atoms with E-state index in [0.717, 1.165) is 18.2 Å². The van der Waals surface area contributed by atoms with Crippen LogP contribution in [0.25, 0.3) is 0 Å². The Morgan fingerprint density at radius 1 is 0.833 bits per heavy atom. The molecule has 1 aromatic carbocycles. The summed E-state index contributed by atoms with van der Waals surface area (Å²) in [6.07, 6.45) is 5.84. The summed E-state index contributed by atoms with van der Waals surface area (Å²) in [6, 6.07) is 2.81. The van der Waals surface area contributed by atoms with Crippen LogP contribution in [0, 0.1) is 0 Å². The molecule has 132 valence electrons. The minimum absolute atomic E-state index is 0.149. The van der Waals surface area contributed by atoms with Gasteiger partial charge in [-0.15, -0.1) is 0 Å². The largest absolute Gasteiger partial charge is 0.478 e. The molecular weight excluding hydrogens is 419 g/mol. The van der Waals surface area contributed by atoms with E-state index in [1.807, 2.05) is 0 Å². The zero-order valence-corrected chi connectivity index (χ0v) is 16.9. The molecule has 0 spiro atoms. The third-order valence-electron chi connectivity index (χ3n) is 3.14. The van der Waals surface area contributed by atoms with Crippen LogP contribution in [0.2, 0.25) is 8.87 Å². The van der Waals surface area contributed by atoms with E-state index in [-0.39, 0.29) is 26.7 Å². The number of benzene rings is 1. The van der Waals surface area contributed by atoms with Crippen LogP contribution < -0.4 is 0 Å². The van der Waals surface area contributed by atoms with Crippen molar-refractivity contribution < 1.29 is 29.7 Å². The van der Waals surface area contributed by atoms with Crippen molar-refractivity contribution in [3.8, 4) is 0 Å². The molecule has 0 saturated carbocycles. The first kappa shape index (κ1) is 22.4. The van der Waals surface area contributed by atoms with E-state index in [9.17, 15) is 14.4 Å². The van der Waals surface area contributed by atoms with Crippen LogP contribution >= 0.6 is 0 Å². The Morgan fingerprint density at radius 3 is 1.71 bits per heavy atom. The van der Waals surface area contributed by atoms with Crippen molar-refractivity contribution in [1.29, 1.82) is 0 Å². The third kappa shape index (κ3) is 8.90. The molecule has 7 heteroatoms. The number of carboxylic acids is 3. The Hall–Kier alpha value is -1.57. The van der Waals surface area contributed by atoms with E-state index in [1.165, 1.54) is 25.7 Å². The molecule has 0 saturated heterocycles. The number of aromatic carboxylic acids is 3. The summed E-state index contributed by atoms with van der Waals surface area (Å²) < 4.78 is 3.25. The first-order valence-corrected chi connectivity index (χ1v) is 11.9. The average Bonchev–Trinajstić information content (AvgIpc) is 2.54. The van der Waals surface area contributed by atoms with Gasteiger partial charge in [0.2, 0.25) is 0 Å². The van der Waals surface area contributed by atoms with Gasteiger partial charge in [-0.25, -0.2) is 14.4 Å². The van der Waals surface area contributed by atoms with E-state index in [4.69, 9.17) is 15.3 Å². The number of hydrogen-bond acceptors (Lipinski definition) is 3. The fourth-order valence-electron chi connectivity index (χ4n) is 1.77. The summed E-state index contributed by atoms with van der Waals surface area (Å²) in [7, 11) is 0. The zero-order chi connectivity index (χ0) is 18.5. The molecule has 6 nitrogen and oxygen atoms in total. The smallest absolute Gasteiger partial charge is 0.336 e. The number of carbonyl (C=O) groups is 3. The van der Waals surface area contributed by atoms with Crippen LogP contribution in [0.5, 0.6) is 0 Å². The van der Waals surface area contributed by atoms with E-state index >= 15 is 0 Å². The second-order valence-corrected chi connectivity index (χ2v) is 9.41. The van der Waals surface area contributed by atoms with Gasteiger partial charge < -0.3 is 15.3 Å². The first-order valence-electron chi connectivity index (χ1n) is 7.89. The van der Waals surface area contributed by atoms with Crippen molar-refractivity contribution in [2.45, 2.75) is 48.4 Å². The predicted octanol–water partition coefficient (Wildman–Crippen LogP) is 3.91. The number of rotatable bonds is 9. The summed E-state index contributed by atoms with van der Waals surface area (Å²) in [5.74, 6) is -4.20.